The van der Waals surface area contributed by atoms with E-state index in [9.17, 15) is 4.39 Å². The Morgan fingerprint density at radius 2 is 2.33 bits per heavy atom. The van der Waals surface area contributed by atoms with Crippen molar-refractivity contribution in [1.82, 2.24) is 9.78 Å². The summed E-state index contributed by atoms with van der Waals surface area (Å²) >= 11 is 0. The Hall–Kier alpha value is -2.04. The van der Waals surface area contributed by atoms with Crippen LogP contribution in [0.25, 0.3) is 0 Å². The van der Waals surface area contributed by atoms with Gasteiger partial charge in [0.1, 0.15) is 0 Å². The largest absolute Gasteiger partial charge is 0.491 e. The smallest absolute Gasteiger partial charge is 0.167 e. The predicted molar refractivity (Wildman–Crippen MR) is 68.3 cm³/mol. The average molecular weight is 249 g/mol. The van der Waals surface area contributed by atoms with E-state index >= 15 is 0 Å². The summed E-state index contributed by atoms with van der Waals surface area (Å²) in [7, 11) is 0. The van der Waals surface area contributed by atoms with Crippen molar-refractivity contribution in [2.24, 2.45) is 0 Å². The predicted octanol–water partition coefficient (Wildman–Crippen LogP) is 2.53. The number of anilines is 1. The van der Waals surface area contributed by atoms with Crippen LogP contribution in [-0.2, 0) is 6.54 Å². The minimum Gasteiger partial charge on any atom is -0.491 e. The Kier molecular flexibility index (Phi) is 4.17. The molecule has 0 bridgehead atoms. The van der Waals surface area contributed by atoms with Crippen LogP contribution in [-0.4, -0.2) is 22.9 Å². The fraction of sp³-hybridized carbons (Fsp3) is 0.308. The molecule has 0 aliphatic carbocycles. The van der Waals surface area contributed by atoms with Crippen LogP contribution in [0.1, 0.15) is 6.92 Å². The van der Waals surface area contributed by atoms with Gasteiger partial charge in [0.05, 0.1) is 13.2 Å². The Morgan fingerprint density at radius 1 is 1.44 bits per heavy atom. The van der Waals surface area contributed by atoms with Gasteiger partial charge < -0.3 is 10.1 Å². The summed E-state index contributed by atoms with van der Waals surface area (Å²) in [4.78, 5) is 0. The van der Waals surface area contributed by atoms with Gasteiger partial charge in [-0.05, 0) is 25.1 Å². The number of ether oxygens (including phenoxy) is 1. The average Bonchev–Trinajstić information content (AvgIpc) is 2.86. The molecule has 0 fully saturated rings. The van der Waals surface area contributed by atoms with Crippen LogP contribution < -0.4 is 10.1 Å². The Bertz CT molecular complexity index is 485. The number of benzene rings is 1. The number of nitrogens with zero attached hydrogens (tertiary/aromatic N) is 2. The second kappa shape index (κ2) is 6.05. The minimum absolute atomic E-state index is 0.287. The van der Waals surface area contributed by atoms with Gasteiger partial charge >= 0.3 is 0 Å². The summed E-state index contributed by atoms with van der Waals surface area (Å²) in [6.45, 7) is 3.72. The Labute approximate surface area is 105 Å². The molecule has 2 aromatic rings. The molecule has 0 amide bonds. The van der Waals surface area contributed by atoms with Gasteiger partial charge in [-0.15, -0.1) is 0 Å². The molecule has 4 nitrogen and oxygen atoms in total. The van der Waals surface area contributed by atoms with Gasteiger partial charge in [0.25, 0.3) is 0 Å². The van der Waals surface area contributed by atoms with E-state index in [2.05, 4.69) is 10.4 Å². The van der Waals surface area contributed by atoms with E-state index in [0.29, 0.717) is 13.2 Å². The molecule has 1 aromatic heterocycles. The first-order valence-corrected chi connectivity index (χ1v) is 5.93. The van der Waals surface area contributed by atoms with E-state index in [-0.39, 0.29) is 11.6 Å². The highest BCUT2D eigenvalue weighted by molar-refractivity contribution is 5.47. The molecule has 0 aliphatic rings. The van der Waals surface area contributed by atoms with Crippen LogP contribution in [0.4, 0.5) is 10.1 Å². The van der Waals surface area contributed by atoms with Crippen LogP contribution in [0.5, 0.6) is 5.75 Å². The molecule has 0 atom stereocenters. The zero-order valence-corrected chi connectivity index (χ0v) is 10.3. The molecule has 1 aromatic carbocycles. The maximum absolute atomic E-state index is 13.6. The third kappa shape index (κ3) is 3.23. The van der Waals surface area contributed by atoms with E-state index in [0.717, 1.165) is 12.2 Å². The molecular formula is C13H16FN3O. The fourth-order valence-electron chi connectivity index (χ4n) is 1.63. The summed E-state index contributed by atoms with van der Waals surface area (Å²) in [5.41, 5.74) is 0.739. The highest BCUT2D eigenvalue weighted by Crippen LogP contribution is 2.20. The molecule has 0 saturated heterocycles. The van der Waals surface area contributed by atoms with Crippen molar-refractivity contribution < 1.29 is 9.13 Å². The van der Waals surface area contributed by atoms with Crippen LogP contribution in [0, 0.1) is 5.82 Å². The van der Waals surface area contributed by atoms with E-state index in [4.69, 9.17) is 4.74 Å². The first-order valence-electron chi connectivity index (χ1n) is 5.93. The maximum Gasteiger partial charge on any atom is 0.167 e. The van der Waals surface area contributed by atoms with Crippen LogP contribution in [0.3, 0.4) is 0 Å². The number of aromatic nitrogens is 2. The van der Waals surface area contributed by atoms with Gasteiger partial charge in [-0.2, -0.15) is 5.10 Å². The molecular weight excluding hydrogens is 233 g/mol. The van der Waals surface area contributed by atoms with Crippen molar-refractivity contribution in [3.63, 3.8) is 0 Å². The summed E-state index contributed by atoms with van der Waals surface area (Å²) in [6.07, 6.45) is 3.62. The van der Waals surface area contributed by atoms with E-state index in [1.807, 2.05) is 23.9 Å². The molecule has 0 spiro atoms. The van der Waals surface area contributed by atoms with Crippen molar-refractivity contribution in [1.29, 1.82) is 0 Å². The number of hydrogen-bond acceptors (Lipinski definition) is 3. The Morgan fingerprint density at radius 3 is 3.00 bits per heavy atom. The monoisotopic (exact) mass is 249 g/mol. The van der Waals surface area contributed by atoms with Gasteiger partial charge in [-0.25, -0.2) is 4.39 Å². The quantitative estimate of drug-likeness (QED) is 0.855. The molecule has 1 heterocycles. The van der Waals surface area contributed by atoms with Crippen LogP contribution >= 0.6 is 0 Å². The number of nitrogens with one attached hydrogen (secondary N) is 1. The van der Waals surface area contributed by atoms with Crippen molar-refractivity contribution in [2.75, 3.05) is 18.5 Å². The first-order chi connectivity index (χ1) is 8.79. The second-order valence-corrected chi connectivity index (χ2v) is 3.77. The molecule has 0 radical (unpaired) electrons. The summed E-state index contributed by atoms with van der Waals surface area (Å²) in [5, 5.41) is 7.22. The number of rotatable bonds is 6. The molecule has 1 N–H and O–H groups in total. The van der Waals surface area contributed by atoms with Gasteiger partial charge in [0.2, 0.25) is 0 Å². The normalized spacial score (nSPS) is 10.3. The SMILES string of the molecule is CCOc1ccc(NCCn2cccn2)cc1F. The van der Waals surface area contributed by atoms with Crippen LogP contribution in [0.15, 0.2) is 36.7 Å². The number of halogens is 1. The van der Waals surface area contributed by atoms with Gasteiger partial charge in [-0.3, -0.25) is 4.68 Å². The van der Waals surface area contributed by atoms with Crippen LogP contribution in [0.2, 0.25) is 0 Å². The molecule has 18 heavy (non-hydrogen) atoms. The minimum atomic E-state index is -0.346. The van der Waals surface area contributed by atoms with Crippen molar-refractivity contribution >= 4 is 5.69 Å². The topological polar surface area (TPSA) is 39.1 Å². The Balaban J connectivity index is 1.88. The van der Waals surface area contributed by atoms with Crippen molar-refractivity contribution in [3.05, 3.63) is 42.5 Å². The molecule has 0 saturated carbocycles. The zero-order chi connectivity index (χ0) is 12.8. The third-order valence-electron chi connectivity index (χ3n) is 2.46. The lowest BCUT2D eigenvalue weighted by Gasteiger charge is -2.09. The highest BCUT2D eigenvalue weighted by atomic mass is 19.1. The summed E-state index contributed by atoms with van der Waals surface area (Å²) < 4.78 is 20.5. The van der Waals surface area contributed by atoms with Gasteiger partial charge in [0.15, 0.2) is 11.6 Å². The molecule has 0 aliphatic heterocycles. The highest BCUT2D eigenvalue weighted by Gasteiger charge is 2.03. The summed E-state index contributed by atoms with van der Waals surface area (Å²) in [6, 6.07) is 6.75. The molecule has 96 valence electrons. The van der Waals surface area contributed by atoms with E-state index < -0.39 is 0 Å². The lowest BCUT2D eigenvalue weighted by molar-refractivity contribution is 0.321. The fourth-order valence-corrected chi connectivity index (χ4v) is 1.63. The maximum atomic E-state index is 13.6. The van der Waals surface area contributed by atoms with Gasteiger partial charge in [0, 0.05) is 30.7 Å². The van der Waals surface area contributed by atoms with E-state index in [1.54, 1.807) is 18.3 Å². The van der Waals surface area contributed by atoms with Crippen molar-refractivity contribution in [2.45, 2.75) is 13.5 Å². The van der Waals surface area contributed by atoms with E-state index in [1.165, 1.54) is 6.07 Å². The second-order valence-electron chi connectivity index (χ2n) is 3.77. The summed E-state index contributed by atoms with van der Waals surface area (Å²) in [5.74, 6) is -0.0592. The standard InChI is InChI=1S/C13H16FN3O/c1-2-18-13-5-4-11(10-12(13)14)15-7-9-17-8-3-6-16-17/h3-6,8,10,15H,2,7,9H2,1H3. The molecule has 5 heteroatoms. The molecule has 2 rings (SSSR count). The third-order valence-corrected chi connectivity index (χ3v) is 2.46. The molecule has 0 unspecified atom stereocenters. The van der Waals surface area contributed by atoms with Crippen molar-refractivity contribution in [3.8, 4) is 5.75 Å². The zero-order valence-electron chi connectivity index (χ0n) is 10.3. The lowest BCUT2D eigenvalue weighted by Crippen LogP contribution is -2.10. The number of hydrogen-bond donors (Lipinski definition) is 1. The lowest BCUT2D eigenvalue weighted by atomic mass is 10.3. The van der Waals surface area contributed by atoms with Gasteiger partial charge in [-0.1, -0.05) is 0 Å². The first kappa shape index (κ1) is 12.4.